The molecule has 0 aliphatic carbocycles. The highest BCUT2D eigenvalue weighted by molar-refractivity contribution is 5.82. The first kappa shape index (κ1) is 9.97. The van der Waals surface area contributed by atoms with Gasteiger partial charge in [0.25, 0.3) is 0 Å². The van der Waals surface area contributed by atoms with Crippen LogP contribution in [0, 0.1) is 6.92 Å². The Labute approximate surface area is 91.2 Å². The maximum Gasteiger partial charge on any atom is -0.0181 e. The van der Waals surface area contributed by atoms with E-state index in [1.165, 1.54) is 16.3 Å². The first-order valence-corrected chi connectivity index (χ1v) is 5.32. The van der Waals surface area contributed by atoms with Gasteiger partial charge in [-0.15, -0.1) is 0 Å². The van der Waals surface area contributed by atoms with Gasteiger partial charge in [0.1, 0.15) is 0 Å². The Bertz CT molecular complexity index is 466. The zero-order valence-corrected chi connectivity index (χ0v) is 8.82. The number of rotatable bonds is 3. The fraction of sp³-hybridized carbons (Fsp3) is 0.133. The van der Waals surface area contributed by atoms with Gasteiger partial charge >= 0.3 is 0 Å². The number of aryl methyl sites for hydroxylation is 1. The number of fused-ring (bicyclic) bond motifs is 1. The molecule has 0 fully saturated rings. The molecule has 0 aromatic heterocycles. The summed E-state index contributed by atoms with van der Waals surface area (Å²) in [4.78, 5) is 0. The number of benzene rings is 2. The Morgan fingerprint density at radius 1 is 1.00 bits per heavy atom. The molecule has 0 unspecified atom stereocenters. The first-order chi connectivity index (χ1) is 7.40. The third-order valence-corrected chi connectivity index (χ3v) is 2.58. The van der Waals surface area contributed by atoms with Crippen LogP contribution in [0.2, 0.25) is 0 Å². The SMILES string of the molecule is [CH2]C=CCCc1ccc2ccccc2c1. The summed E-state index contributed by atoms with van der Waals surface area (Å²) in [5.74, 6) is 0. The lowest BCUT2D eigenvalue weighted by molar-refractivity contribution is 1.00. The smallest absolute Gasteiger partial charge is 0.0181 e. The molecular weight excluding hydrogens is 180 g/mol. The lowest BCUT2D eigenvalue weighted by Crippen LogP contribution is -1.83. The standard InChI is InChI=1S/C15H15/c1-2-3-4-7-13-10-11-14-8-5-6-9-15(14)12-13/h2-3,5-6,8-12H,1,4,7H2. The Kier molecular flexibility index (Phi) is 3.18. The zero-order chi connectivity index (χ0) is 10.5. The summed E-state index contributed by atoms with van der Waals surface area (Å²) >= 11 is 0. The lowest BCUT2D eigenvalue weighted by Gasteiger charge is -2.01. The Balaban J connectivity index is 2.23. The summed E-state index contributed by atoms with van der Waals surface area (Å²) in [6.07, 6.45) is 6.13. The number of hydrogen-bond acceptors (Lipinski definition) is 0. The van der Waals surface area contributed by atoms with Crippen LogP contribution in [0.5, 0.6) is 0 Å². The molecule has 0 aliphatic heterocycles. The van der Waals surface area contributed by atoms with E-state index in [1.807, 2.05) is 6.08 Å². The predicted octanol–water partition coefficient (Wildman–Crippen LogP) is 4.16. The molecule has 0 bridgehead atoms. The highest BCUT2D eigenvalue weighted by Crippen LogP contribution is 2.16. The largest absolute Gasteiger partial charge is 0.0882 e. The van der Waals surface area contributed by atoms with E-state index in [0.29, 0.717) is 0 Å². The van der Waals surface area contributed by atoms with Gasteiger partial charge in [-0.05, 0) is 36.1 Å². The van der Waals surface area contributed by atoms with Crippen LogP contribution < -0.4 is 0 Å². The van der Waals surface area contributed by atoms with Crippen molar-refractivity contribution in [3.8, 4) is 0 Å². The summed E-state index contributed by atoms with van der Waals surface area (Å²) in [6.45, 7) is 3.69. The molecule has 2 rings (SSSR count). The van der Waals surface area contributed by atoms with Gasteiger partial charge in [-0.25, -0.2) is 0 Å². The van der Waals surface area contributed by atoms with E-state index < -0.39 is 0 Å². The van der Waals surface area contributed by atoms with Crippen LogP contribution in [0.1, 0.15) is 12.0 Å². The fourth-order valence-corrected chi connectivity index (χ4v) is 1.76. The normalized spacial score (nSPS) is 11.3. The Morgan fingerprint density at radius 3 is 2.60 bits per heavy atom. The summed E-state index contributed by atoms with van der Waals surface area (Å²) in [5.41, 5.74) is 1.40. The third-order valence-electron chi connectivity index (χ3n) is 2.58. The number of allylic oxidation sites excluding steroid dienone is 2. The van der Waals surface area contributed by atoms with Gasteiger partial charge in [0.2, 0.25) is 0 Å². The summed E-state index contributed by atoms with van der Waals surface area (Å²) in [7, 11) is 0. The van der Waals surface area contributed by atoms with Gasteiger partial charge in [0, 0.05) is 0 Å². The molecule has 0 saturated carbocycles. The molecule has 0 nitrogen and oxygen atoms in total. The quantitative estimate of drug-likeness (QED) is 0.689. The van der Waals surface area contributed by atoms with E-state index in [2.05, 4.69) is 55.5 Å². The van der Waals surface area contributed by atoms with E-state index in [0.717, 1.165) is 12.8 Å². The molecule has 0 heterocycles. The molecule has 2 aromatic rings. The molecule has 75 valence electrons. The van der Waals surface area contributed by atoms with Crippen LogP contribution >= 0.6 is 0 Å². The second-order valence-electron chi connectivity index (χ2n) is 3.69. The highest BCUT2D eigenvalue weighted by atomic mass is 14.0. The topological polar surface area (TPSA) is 0 Å². The summed E-state index contributed by atoms with van der Waals surface area (Å²) in [5, 5.41) is 2.64. The molecule has 0 N–H and O–H groups in total. The Hall–Kier alpha value is -1.56. The van der Waals surface area contributed by atoms with Crippen molar-refractivity contribution in [2.45, 2.75) is 12.8 Å². The molecule has 0 amide bonds. The molecule has 15 heavy (non-hydrogen) atoms. The predicted molar refractivity (Wildman–Crippen MR) is 66.8 cm³/mol. The van der Waals surface area contributed by atoms with Crippen molar-refractivity contribution in [1.82, 2.24) is 0 Å². The van der Waals surface area contributed by atoms with E-state index in [4.69, 9.17) is 0 Å². The summed E-state index contributed by atoms with van der Waals surface area (Å²) < 4.78 is 0. The van der Waals surface area contributed by atoms with Gasteiger partial charge in [0.15, 0.2) is 0 Å². The third kappa shape index (κ3) is 2.47. The average molecular weight is 195 g/mol. The van der Waals surface area contributed by atoms with E-state index in [1.54, 1.807) is 0 Å². The summed E-state index contributed by atoms with van der Waals surface area (Å²) in [6, 6.07) is 15.1. The van der Waals surface area contributed by atoms with Crippen LogP contribution in [0.15, 0.2) is 54.6 Å². The van der Waals surface area contributed by atoms with Crippen molar-refractivity contribution < 1.29 is 0 Å². The van der Waals surface area contributed by atoms with Crippen molar-refractivity contribution in [2.75, 3.05) is 0 Å². The maximum absolute atomic E-state index is 3.69. The van der Waals surface area contributed by atoms with Gasteiger partial charge in [-0.2, -0.15) is 0 Å². The van der Waals surface area contributed by atoms with Gasteiger partial charge in [-0.1, -0.05) is 54.6 Å². The van der Waals surface area contributed by atoms with Crippen molar-refractivity contribution in [3.05, 3.63) is 67.1 Å². The molecule has 0 atom stereocenters. The van der Waals surface area contributed by atoms with Gasteiger partial charge < -0.3 is 0 Å². The van der Waals surface area contributed by atoms with Crippen LogP contribution in [-0.2, 0) is 6.42 Å². The van der Waals surface area contributed by atoms with Crippen LogP contribution in [0.25, 0.3) is 10.8 Å². The van der Waals surface area contributed by atoms with Crippen molar-refractivity contribution in [3.63, 3.8) is 0 Å². The second-order valence-corrected chi connectivity index (χ2v) is 3.69. The second kappa shape index (κ2) is 4.79. The van der Waals surface area contributed by atoms with Crippen LogP contribution in [0.4, 0.5) is 0 Å². The minimum absolute atomic E-state index is 1.07. The van der Waals surface area contributed by atoms with Gasteiger partial charge in [0.05, 0.1) is 0 Å². The Morgan fingerprint density at radius 2 is 1.80 bits per heavy atom. The lowest BCUT2D eigenvalue weighted by atomic mass is 10.0. The maximum atomic E-state index is 3.69. The van der Waals surface area contributed by atoms with E-state index in [-0.39, 0.29) is 0 Å². The minimum atomic E-state index is 1.07. The molecule has 0 aliphatic rings. The fourth-order valence-electron chi connectivity index (χ4n) is 1.76. The van der Waals surface area contributed by atoms with Crippen LogP contribution in [0.3, 0.4) is 0 Å². The average Bonchev–Trinajstić information content (AvgIpc) is 2.29. The van der Waals surface area contributed by atoms with Gasteiger partial charge in [-0.3, -0.25) is 0 Å². The first-order valence-electron chi connectivity index (χ1n) is 5.32. The van der Waals surface area contributed by atoms with E-state index in [9.17, 15) is 0 Å². The van der Waals surface area contributed by atoms with Crippen molar-refractivity contribution in [1.29, 1.82) is 0 Å². The molecule has 0 saturated heterocycles. The monoisotopic (exact) mass is 195 g/mol. The zero-order valence-electron chi connectivity index (χ0n) is 8.82. The number of hydrogen-bond donors (Lipinski definition) is 0. The van der Waals surface area contributed by atoms with Crippen molar-refractivity contribution in [2.24, 2.45) is 0 Å². The molecule has 2 aromatic carbocycles. The molecule has 0 spiro atoms. The minimum Gasteiger partial charge on any atom is -0.0882 e. The highest BCUT2D eigenvalue weighted by Gasteiger charge is 1.94. The molecular formula is C15H15. The molecule has 0 heteroatoms. The molecule has 1 radical (unpaired) electrons. The van der Waals surface area contributed by atoms with Crippen LogP contribution in [-0.4, -0.2) is 0 Å². The van der Waals surface area contributed by atoms with E-state index >= 15 is 0 Å². The van der Waals surface area contributed by atoms with Crippen molar-refractivity contribution >= 4 is 10.8 Å².